The minimum atomic E-state index is -0.165. The average molecular weight is 369 g/mol. The van der Waals surface area contributed by atoms with E-state index in [1.54, 1.807) is 12.3 Å². The third-order valence-corrected chi connectivity index (χ3v) is 4.47. The van der Waals surface area contributed by atoms with E-state index >= 15 is 0 Å². The summed E-state index contributed by atoms with van der Waals surface area (Å²) in [6.07, 6.45) is 3.45. The summed E-state index contributed by atoms with van der Waals surface area (Å²) in [5.41, 5.74) is 1.67. The molecule has 1 fully saturated rings. The summed E-state index contributed by atoms with van der Waals surface area (Å²) in [6.45, 7) is 5.75. The van der Waals surface area contributed by atoms with Crippen molar-refractivity contribution >= 4 is 11.9 Å². The van der Waals surface area contributed by atoms with Gasteiger partial charge >= 0.3 is 0 Å². The Morgan fingerprint density at radius 1 is 1.11 bits per heavy atom. The average Bonchev–Trinajstić information content (AvgIpc) is 2.73. The predicted octanol–water partition coefficient (Wildman–Crippen LogP) is 1.58. The van der Waals surface area contributed by atoms with Crippen LogP contribution in [-0.2, 0) is 11.2 Å². The Morgan fingerprint density at radius 2 is 1.93 bits per heavy atom. The molecule has 1 aliphatic heterocycles. The van der Waals surface area contributed by atoms with Gasteiger partial charge in [0.25, 0.3) is 5.91 Å². The lowest BCUT2D eigenvalue weighted by molar-refractivity contribution is 0.0398. The van der Waals surface area contributed by atoms with Crippen molar-refractivity contribution in [3.05, 3.63) is 53.9 Å². The molecule has 0 spiro atoms. The van der Waals surface area contributed by atoms with Gasteiger partial charge in [-0.25, -0.2) is 9.97 Å². The van der Waals surface area contributed by atoms with Crippen LogP contribution < -0.4 is 10.6 Å². The van der Waals surface area contributed by atoms with E-state index in [2.05, 4.69) is 37.6 Å². The van der Waals surface area contributed by atoms with Crippen LogP contribution in [0.2, 0.25) is 0 Å². The van der Waals surface area contributed by atoms with Crippen molar-refractivity contribution < 1.29 is 9.53 Å². The topological polar surface area (TPSA) is 79.4 Å². The molecule has 0 bridgehead atoms. The molecular formula is C20H27N5O2. The summed E-state index contributed by atoms with van der Waals surface area (Å²) in [7, 11) is 0. The lowest BCUT2D eigenvalue weighted by atomic mass is 10.1. The Kier molecular flexibility index (Phi) is 7.56. The summed E-state index contributed by atoms with van der Waals surface area (Å²) in [4.78, 5) is 23.1. The van der Waals surface area contributed by atoms with Gasteiger partial charge < -0.3 is 15.4 Å². The quantitative estimate of drug-likeness (QED) is 0.654. The summed E-state index contributed by atoms with van der Waals surface area (Å²) < 4.78 is 5.34. The zero-order chi connectivity index (χ0) is 18.7. The first-order chi connectivity index (χ1) is 13.3. The second-order valence-corrected chi connectivity index (χ2v) is 6.49. The number of ether oxygens (including phenoxy) is 1. The molecule has 7 nitrogen and oxygen atoms in total. The van der Waals surface area contributed by atoms with Crippen LogP contribution in [0.25, 0.3) is 0 Å². The van der Waals surface area contributed by atoms with Crippen LogP contribution >= 0.6 is 0 Å². The third kappa shape index (κ3) is 6.62. The fraction of sp³-hybridized carbons (Fsp3) is 0.450. The standard InChI is InChI=1S/C20H27N5O2/c26-19(21-9-4-7-17-5-2-1-3-6-17)18-8-10-22-20(24-18)23-11-12-25-13-15-27-16-14-25/h1-3,5-6,8,10H,4,7,9,11-16H2,(H,21,26)(H,22,23,24). The minimum Gasteiger partial charge on any atom is -0.379 e. The van der Waals surface area contributed by atoms with Crippen LogP contribution in [0.3, 0.4) is 0 Å². The maximum Gasteiger partial charge on any atom is 0.270 e. The Morgan fingerprint density at radius 3 is 2.74 bits per heavy atom. The monoisotopic (exact) mass is 369 g/mol. The summed E-state index contributed by atoms with van der Waals surface area (Å²) in [5, 5.41) is 6.12. The molecule has 27 heavy (non-hydrogen) atoms. The van der Waals surface area contributed by atoms with Gasteiger partial charge in [-0.2, -0.15) is 0 Å². The van der Waals surface area contributed by atoms with Gasteiger partial charge in [0.05, 0.1) is 13.2 Å². The van der Waals surface area contributed by atoms with Gasteiger partial charge in [-0.15, -0.1) is 0 Å². The number of anilines is 1. The number of hydrogen-bond donors (Lipinski definition) is 2. The molecule has 1 aromatic carbocycles. The Hall–Kier alpha value is -2.51. The lowest BCUT2D eigenvalue weighted by Crippen LogP contribution is -2.39. The van der Waals surface area contributed by atoms with Crippen molar-refractivity contribution in [1.29, 1.82) is 0 Å². The van der Waals surface area contributed by atoms with E-state index < -0.39 is 0 Å². The molecule has 3 rings (SSSR count). The highest BCUT2D eigenvalue weighted by Gasteiger charge is 2.11. The van der Waals surface area contributed by atoms with Crippen LogP contribution in [-0.4, -0.2) is 66.7 Å². The normalized spacial score (nSPS) is 14.7. The van der Waals surface area contributed by atoms with Gasteiger partial charge in [0, 0.05) is 38.9 Å². The molecule has 0 unspecified atom stereocenters. The van der Waals surface area contributed by atoms with Gasteiger partial charge in [-0.1, -0.05) is 30.3 Å². The maximum absolute atomic E-state index is 12.3. The number of carbonyl (C=O) groups is 1. The van der Waals surface area contributed by atoms with Crippen LogP contribution in [0.5, 0.6) is 0 Å². The van der Waals surface area contributed by atoms with Gasteiger partial charge in [0.1, 0.15) is 5.69 Å². The summed E-state index contributed by atoms with van der Waals surface area (Å²) in [6, 6.07) is 11.9. The Balaban J connectivity index is 1.38. The second-order valence-electron chi connectivity index (χ2n) is 6.49. The van der Waals surface area contributed by atoms with E-state index in [0.717, 1.165) is 52.2 Å². The molecule has 144 valence electrons. The first-order valence-electron chi connectivity index (χ1n) is 9.50. The number of rotatable bonds is 9. The number of nitrogens with one attached hydrogen (secondary N) is 2. The number of morpholine rings is 1. The molecule has 0 atom stereocenters. The number of amides is 1. The third-order valence-electron chi connectivity index (χ3n) is 4.47. The number of carbonyl (C=O) groups excluding carboxylic acids is 1. The van der Waals surface area contributed by atoms with Crippen LogP contribution in [0, 0.1) is 0 Å². The SMILES string of the molecule is O=C(NCCCc1ccccc1)c1ccnc(NCCN2CCOCC2)n1. The van der Waals surface area contributed by atoms with Crippen LogP contribution in [0.15, 0.2) is 42.6 Å². The van der Waals surface area contributed by atoms with Crippen molar-refractivity contribution in [2.45, 2.75) is 12.8 Å². The molecule has 0 aliphatic carbocycles. The molecule has 0 radical (unpaired) electrons. The van der Waals surface area contributed by atoms with Gasteiger partial charge in [-0.3, -0.25) is 9.69 Å². The van der Waals surface area contributed by atoms with E-state index in [9.17, 15) is 4.79 Å². The molecule has 1 aliphatic rings. The lowest BCUT2D eigenvalue weighted by Gasteiger charge is -2.26. The fourth-order valence-corrected chi connectivity index (χ4v) is 2.95. The first kappa shape index (κ1) is 19.3. The number of aryl methyl sites for hydroxylation is 1. The van der Waals surface area contributed by atoms with E-state index in [1.165, 1.54) is 5.56 Å². The van der Waals surface area contributed by atoms with Gasteiger partial charge in [0.15, 0.2) is 0 Å². The summed E-state index contributed by atoms with van der Waals surface area (Å²) in [5.74, 6) is 0.321. The highest BCUT2D eigenvalue weighted by Crippen LogP contribution is 2.03. The smallest absolute Gasteiger partial charge is 0.270 e. The number of nitrogens with zero attached hydrogens (tertiary/aromatic N) is 3. The van der Waals surface area contributed by atoms with Crippen molar-refractivity contribution in [1.82, 2.24) is 20.2 Å². The number of benzene rings is 1. The van der Waals surface area contributed by atoms with Gasteiger partial charge in [0.2, 0.25) is 5.95 Å². The van der Waals surface area contributed by atoms with Crippen molar-refractivity contribution in [3.63, 3.8) is 0 Å². The second kappa shape index (κ2) is 10.6. The van der Waals surface area contributed by atoms with Crippen molar-refractivity contribution in [2.24, 2.45) is 0 Å². The molecule has 1 saturated heterocycles. The minimum absolute atomic E-state index is 0.165. The Bertz CT molecular complexity index is 705. The predicted molar refractivity (Wildman–Crippen MR) is 105 cm³/mol. The molecule has 2 N–H and O–H groups in total. The Labute approximate surface area is 160 Å². The van der Waals surface area contributed by atoms with E-state index in [0.29, 0.717) is 18.2 Å². The highest BCUT2D eigenvalue weighted by molar-refractivity contribution is 5.92. The maximum atomic E-state index is 12.3. The molecule has 2 heterocycles. The summed E-state index contributed by atoms with van der Waals surface area (Å²) >= 11 is 0. The van der Waals surface area contributed by atoms with Crippen LogP contribution in [0.1, 0.15) is 22.5 Å². The fourth-order valence-electron chi connectivity index (χ4n) is 2.95. The molecule has 7 heteroatoms. The molecular weight excluding hydrogens is 342 g/mol. The van der Waals surface area contributed by atoms with Gasteiger partial charge in [-0.05, 0) is 24.5 Å². The molecule has 1 amide bonds. The number of aromatic nitrogens is 2. The molecule has 2 aromatic rings. The highest BCUT2D eigenvalue weighted by atomic mass is 16.5. The first-order valence-corrected chi connectivity index (χ1v) is 9.50. The largest absolute Gasteiger partial charge is 0.379 e. The number of hydrogen-bond acceptors (Lipinski definition) is 6. The zero-order valence-electron chi connectivity index (χ0n) is 15.6. The zero-order valence-corrected chi connectivity index (χ0v) is 15.6. The van der Waals surface area contributed by atoms with E-state index in [1.807, 2.05) is 18.2 Å². The molecule has 0 saturated carbocycles. The van der Waals surface area contributed by atoms with E-state index in [-0.39, 0.29) is 5.91 Å². The van der Waals surface area contributed by atoms with E-state index in [4.69, 9.17) is 4.74 Å². The molecule has 1 aromatic heterocycles. The van der Waals surface area contributed by atoms with Crippen LogP contribution in [0.4, 0.5) is 5.95 Å². The van der Waals surface area contributed by atoms with Crippen molar-refractivity contribution in [2.75, 3.05) is 51.3 Å². The van der Waals surface area contributed by atoms with Crippen molar-refractivity contribution in [3.8, 4) is 0 Å².